The van der Waals surface area contributed by atoms with Gasteiger partial charge in [-0.3, -0.25) is 10.1 Å². The number of anilines is 1. The normalized spacial score (nSPS) is 18.0. The van der Waals surface area contributed by atoms with Gasteiger partial charge in [-0.15, -0.1) is 0 Å². The van der Waals surface area contributed by atoms with Crippen molar-refractivity contribution >= 4 is 11.8 Å². The molecule has 0 saturated carbocycles. The van der Waals surface area contributed by atoms with Gasteiger partial charge in [-0.1, -0.05) is 35.5 Å². The Kier molecular flexibility index (Phi) is 5.27. The van der Waals surface area contributed by atoms with Gasteiger partial charge in [-0.2, -0.15) is 0 Å². The summed E-state index contributed by atoms with van der Waals surface area (Å²) in [6, 6.07) is 9.81. The summed E-state index contributed by atoms with van der Waals surface area (Å²) in [5, 5.41) is 7.00. The Balaban J connectivity index is 1.63. The van der Waals surface area contributed by atoms with Crippen LogP contribution in [0.5, 0.6) is 0 Å². The van der Waals surface area contributed by atoms with E-state index in [0.29, 0.717) is 12.5 Å². The first-order chi connectivity index (χ1) is 11.7. The molecule has 1 unspecified atom stereocenters. The molecule has 2 aromatic rings. The lowest BCUT2D eigenvalue weighted by Crippen LogP contribution is -2.29. The van der Waals surface area contributed by atoms with Crippen LogP contribution in [0.15, 0.2) is 34.9 Å². The van der Waals surface area contributed by atoms with Crippen LogP contribution in [0.2, 0.25) is 0 Å². The zero-order chi connectivity index (χ0) is 16.9. The monoisotopic (exact) mass is 329 g/mol. The number of rotatable bonds is 6. The molecule has 24 heavy (non-hydrogen) atoms. The summed E-state index contributed by atoms with van der Waals surface area (Å²) in [6.45, 7) is 5.14. The lowest BCUT2D eigenvalue weighted by molar-refractivity contribution is -0.119. The minimum Gasteiger partial charge on any atom is -0.383 e. The number of benzene rings is 1. The van der Waals surface area contributed by atoms with E-state index in [9.17, 15) is 4.79 Å². The smallest absolute Gasteiger partial charge is 0.234 e. The van der Waals surface area contributed by atoms with Gasteiger partial charge in [0.2, 0.25) is 11.8 Å². The lowest BCUT2D eigenvalue weighted by atomic mass is 10.1. The molecule has 1 amide bonds. The van der Waals surface area contributed by atoms with E-state index in [1.54, 1.807) is 7.11 Å². The van der Waals surface area contributed by atoms with Crippen molar-refractivity contribution in [3.63, 3.8) is 0 Å². The average Bonchev–Trinajstić information content (AvgIpc) is 3.21. The number of likely N-dealkylation sites (tertiary alicyclic amines) is 1. The van der Waals surface area contributed by atoms with Crippen LogP contribution < -0.4 is 5.32 Å². The van der Waals surface area contributed by atoms with E-state index in [-0.39, 0.29) is 11.8 Å². The van der Waals surface area contributed by atoms with Crippen LogP contribution in [0, 0.1) is 12.8 Å². The zero-order valence-corrected chi connectivity index (χ0v) is 14.1. The Morgan fingerprint density at radius 3 is 2.96 bits per heavy atom. The van der Waals surface area contributed by atoms with Gasteiger partial charge in [-0.25, -0.2) is 0 Å². The first kappa shape index (κ1) is 16.7. The molecule has 2 heterocycles. The Hall–Kier alpha value is -2.18. The van der Waals surface area contributed by atoms with Gasteiger partial charge in [0.15, 0.2) is 0 Å². The van der Waals surface area contributed by atoms with E-state index in [1.165, 1.54) is 0 Å². The molecular weight excluding hydrogens is 306 g/mol. The molecule has 1 N–H and O–H groups in total. The molecule has 6 nitrogen and oxygen atoms in total. The van der Waals surface area contributed by atoms with Crippen molar-refractivity contribution in [1.82, 2.24) is 10.1 Å². The second-order valence-electron chi connectivity index (χ2n) is 6.12. The fourth-order valence-corrected chi connectivity index (χ4v) is 3.00. The number of hydrogen-bond donors (Lipinski definition) is 1. The molecule has 1 fully saturated rings. The standard InChI is InChI=1S/C18H23N3O3/c1-13-16(14-6-4-3-5-7-14)20-24-18(13)19-17(22)15-8-9-21(12-15)10-11-23-2/h3-7,15H,8-12H2,1-2H3,(H,19,22). The number of carbonyl (C=O) groups excluding carboxylic acids is 1. The molecule has 0 spiro atoms. The van der Waals surface area contributed by atoms with Crippen molar-refractivity contribution in [3.05, 3.63) is 35.9 Å². The van der Waals surface area contributed by atoms with E-state index in [4.69, 9.17) is 9.26 Å². The summed E-state index contributed by atoms with van der Waals surface area (Å²) in [5.74, 6) is 0.412. The summed E-state index contributed by atoms with van der Waals surface area (Å²) in [4.78, 5) is 14.7. The predicted molar refractivity (Wildman–Crippen MR) is 91.7 cm³/mol. The van der Waals surface area contributed by atoms with Crippen molar-refractivity contribution < 1.29 is 14.1 Å². The summed E-state index contributed by atoms with van der Waals surface area (Å²) in [7, 11) is 1.69. The Morgan fingerprint density at radius 2 is 2.21 bits per heavy atom. The molecule has 1 aliphatic heterocycles. The Labute approximate surface area is 141 Å². The van der Waals surface area contributed by atoms with Crippen LogP contribution in [0.25, 0.3) is 11.3 Å². The van der Waals surface area contributed by atoms with Crippen molar-refractivity contribution in [2.75, 3.05) is 38.7 Å². The van der Waals surface area contributed by atoms with Crippen molar-refractivity contribution in [1.29, 1.82) is 0 Å². The fraction of sp³-hybridized carbons (Fsp3) is 0.444. The third-order valence-corrected chi connectivity index (χ3v) is 4.46. The Bertz CT molecular complexity index is 684. The number of amides is 1. The van der Waals surface area contributed by atoms with E-state index >= 15 is 0 Å². The minimum absolute atomic E-state index is 0.00576. The molecule has 1 aromatic heterocycles. The molecular formula is C18H23N3O3. The average molecular weight is 329 g/mol. The molecule has 1 aliphatic rings. The van der Waals surface area contributed by atoms with E-state index in [0.717, 1.165) is 42.9 Å². The third kappa shape index (κ3) is 3.66. The van der Waals surface area contributed by atoms with Crippen LogP contribution >= 0.6 is 0 Å². The molecule has 3 rings (SSSR count). The van der Waals surface area contributed by atoms with Crippen LogP contribution in [0.1, 0.15) is 12.0 Å². The molecule has 1 atom stereocenters. The second-order valence-corrected chi connectivity index (χ2v) is 6.12. The van der Waals surface area contributed by atoms with E-state index in [1.807, 2.05) is 37.3 Å². The highest BCUT2D eigenvalue weighted by Gasteiger charge is 2.29. The number of ether oxygens (including phenoxy) is 1. The maximum absolute atomic E-state index is 12.5. The minimum atomic E-state index is -0.0217. The van der Waals surface area contributed by atoms with Crippen molar-refractivity contribution in [2.24, 2.45) is 5.92 Å². The molecule has 0 bridgehead atoms. The third-order valence-electron chi connectivity index (χ3n) is 4.46. The van der Waals surface area contributed by atoms with Crippen molar-refractivity contribution in [2.45, 2.75) is 13.3 Å². The quantitative estimate of drug-likeness (QED) is 0.882. The number of aromatic nitrogens is 1. The van der Waals surface area contributed by atoms with Gasteiger partial charge < -0.3 is 14.2 Å². The second kappa shape index (κ2) is 7.59. The molecule has 0 radical (unpaired) electrons. The van der Waals surface area contributed by atoms with Crippen molar-refractivity contribution in [3.8, 4) is 11.3 Å². The predicted octanol–water partition coefficient (Wildman–Crippen LogP) is 2.56. The van der Waals surface area contributed by atoms with Crippen LogP contribution in [0.4, 0.5) is 5.88 Å². The number of nitrogens with zero attached hydrogens (tertiary/aromatic N) is 2. The first-order valence-corrected chi connectivity index (χ1v) is 8.23. The van der Waals surface area contributed by atoms with Gasteiger partial charge in [0, 0.05) is 31.3 Å². The molecule has 0 aliphatic carbocycles. The number of carbonyl (C=O) groups is 1. The number of hydrogen-bond acceptors (Lipinski definition) is 5. The fourth-order valence-electron chi connectivity index (χ4n) is 3.00. The van der Waals surface area contributed by atoms with E-state index in [2.05, 4.69) is 15.4 Å². The van der Waals surface area contributed by atoms with Crippen LogP contribution in [-0.2, 0) is 9.53 Å². The highest BCUT2D eigenvalue weighted by Crippen LogP contribution is 2.28. The van der Waals surface area contributed by atoms with Crippen LogP contribution in [-0.4, -0.2) is 49.3 Å². The summed E-state index contributed by atoms with van der Waals surface area (Å²) in [6.07, 6.45) is 0.855. The molecule has 128 valence electrons. The SMILES string of the molecule is COCCN1CCC(C(=O)Nc2onc(-c3ccccc3)c2C)C1. The largest absolute Gasteiger partial charge is 0.383 e. The topological polar surface area (TPSA) is 67.6 Å². The summed E-state index contributed by atoms with van der Waals surface area (Å²) < 4.78 is 10.4. The zero-order valence-electron chi connectivity index (χ0n) is 14.1. The van der Waals surface area contributed by atoms with Gasteiger partial charge >= 0.3 is 0 Å². The summed E-state index contributed by atoms with van der Waals surface area (Å²) in [5.41, 5.74) is 2.59. The maximum Gasteiger partial charge on any atom is 0.234 e. The van der Waals surface area contributed by atoms with Gasteiger partial charge in [0.05, 0.1) is 12.5 Å². The number of nitrogens with one attached hydrogen (secondary N) is 1. The highest BCUT2D eigenvalue weighted by molar-refractivity contribution is 5.93. The maximum atomic E-state index is 12.5. The van der Waals surface area contributed by atoms with Gasteiger partial charge in [0.1, 0.15) is 5.69 Å². The van der Waals surface area contributed by atoms with Gasteiger partial charge in [-0.05, 0) is 19.9 Å². The van der Waals surface area contributed by atoms with Crippen LogP contribution in [0.3, 0.4) is 0 Å². The number of methoxy groups -OCH3 is 1. The Morgan fingerprint density at radius 1 is 1.42 bits per heavy atom. The van der Waals surface area contributed by atoms with E-state index < -0.39 is 0 Å². The molecule has 1 saturated heterocycles. The highest BCUT2D eigenvalue weighted by atomic mass is 16.5. The molecule has 6 heteroatoms. The first-order valence-electron chi connectivity index (χ1n) is 8.23. The van der Waals surface area contributed by atoms with Gasteiger partial charge in [0.25, 0.3) is 0 Å². The summed E-state index contributed by atoms with van der Waals surface area (Å²) >= 11 is 0. The molecule has 1 aromatic carbocycles. The lowest BCUT2D eigenvalue weighted by Gasteiger charge is -2.14.